The van der Waals surface area contributed by atoms with E-state index < -0.39 is 0 Å². The van der Waals surface area contributed by atoms with E-state index in [1.807, 2.05) is 0 Å². The summed E-state index contributed by atoms with van der Waals surface area (Å²) in [5.41, 5.74) is 1.25. The third-order valence-electron chi connectivity index (χ3n) is 2.07. The summed E-state index contributed by atoms with van der Waals surface area (Å²) in [5, 5.41) is 0. The fourth-order valence-corrected chi connectivity index (χ4v) is 1.34. The van der Waals surface area contributed by atoms with Crippen molar-refractivity contribution < 1.29 is 9.13 Å². The second-order valence-electron chi connectivity index (χ2n) is 3.24. The Morgan fingerprint density at radius 2 is 2.18 bits per heavy atom. The zero-order chi connectivity index (χ0) is 12.1. The summed E-state index contributed by atoms with van der Waals surface area (Å²) in [6, 6.07) is 7.77. The molecule has 0 aliphatic heterocycles. The first kappa shape index (κ1) is 11.1. The minimum absolute atomic E-state index is 0.138. The fraction of sp³-hybridized carbons (Fsp3) is 0.0769. The monoisotopic (exact) mass is 228 g/mol. The van der Waals surface area contributed by atoms with Crippen LogP contribution in [0.25, 0.3) is 11.3 Å². The maximum atomic E-state index is 13.1. The molecule has 0 N–H and O–H groups in total. The average molecular weight is 228 g/mol. The Kier molecular flexibility index (Phi) is 3.31. The molecule has 1 heterocycles. The number of benzene rings is 1. The van der Waals surface area contributed by atoms with Crippen LogP contribution >= 0.6 is 0 Å². The van der Waals surface area contributed by atoms with Gasteiger partial charge < -0.3 is 4.74 Å². The van der Waals surface area contributed by atoms with Crippen molar-refractivity contribution >= 4 is 0 Å². The van der Waals surface area contributed by atoms with E-state index in [1.165, 1.54) is 18.5 Å². The summed E-state index contributed by atoms with van der Waals surface area (Å²) < 4.78 is 18.2. The fourth-order valence-electron chi connectivity index (χ4n) is 1.34. The van der Waals surface area contributed by atoms with Crippen LogP contribution in [-0.2, 0) is 0 Å². The number of rotatable bonds is 3. The standard InChI is InChI=1S/C13H9FN2O/c1-2-6-17-13-8-12(15-9-16-13)10-4-3-5-11(14)7-10/h1,3-5,7-9H,6H2. The number of hydrogen-bond acceptors (Lipinski definition) is 3. The number of ether oxygens (including phenoxy) is 1. The van der Waals surface area contributed by atoms with Crippen molar-refractivity contribution in [3.05, 3.63) is 42.5 Å². The van der Waals surface area contributed by atoms with Gasteiger partial charge in [-0.25, -0.2) is 14.4 Å². The van der Waals surface area contributed by atoms with E-state index in [0.717, 1.165) is 0 Å². The van der Waals surface area contributed by atoms with Gasteiger partial charge in [-0.2, -0.15) is 0 Å². The molecule has 0 aliphatic rings. The Morgan fingerprint density at radius 3 is 2.94 bits per heavy atom. The van der Waals surface area contributed by atoms with E-state index in [9.17, 15) is 4.39 Å². The van der Waals surface area contributed by atoms with Gasteiger partial charge in [-0.3, -0.25) is 0 Å². The lowest BCUT2D eigenvalue weighted by Crippen LogP contribution is -1.97. The van der Waals surface area contributed by atoms with E-state index in [1.54, 1.807) is 18.2 Å². The van der Waals surface area contributed by atoms with Crippen LogP contribution in [0.15, 0.2) is 36.7 Å². The molecule has 1 aromatic heterocycles. The van der Waals surface area contributed by atoms with Crippen LogP contribution in [0.5, 0.6) is 5.88 Å². The van der Waals surface area contributed by atoms with Crippen LogP contribution in [-0.4, -0.2) is 16.6 Å². The summed E-state index contributed by atoms with van der Waals surface area (Å²) in [5.74, 6) is 2.40. The van der Waals surface area contributed by atoms with Crippen LogP contribution in [0.4, 0.5) is 4.39 Å². The van der Waals surface area contributed by atoms with Crippen LogP contribution in [0.3, 0.4) is 0 Å². The molecular weight excluding hydrogens is 219 g/mol. The Labute approximate surface area is 98.3 Å². The normalized spacial score (nSPS) is 9.65. The van der Waals surface area contributed by atoms with Crippen LogP contribution < -0.4 is 4.74 Å². The molecule has 17 heavy (non-hydrogen) atoms. The second kappa shape index (κ2) is 5.08. The summed E-state index contributed by atoms with van der Waals surface area (Å²) >= 11 is 0. The van der Waals surface area contributed by atoms with Crippen LogP contribution in [0.1, 0.15) is 0 Å². The highest BCUT2D eigenvalue weighted by Gasteiger charge is 2.03. The minimum atomic E-state index is -0.313. The molecule has 0 amide bonds. The van der Waals surface area contributed by atoms with Gasteiger partial charge >= 0.3 is 0 Å². The van der Waals surface area contributed by atoms with Crippen molar-refractivity contribution in [1.29, 1.82) is 0 Å². The zero-order valence-electron chi connectivity index (χ0n) is 8.93. The summed E-state index contributed by atoms with van der Waals surface area (Å²) in [6.45, 7) is 0.138. The molecule has 4 heteroatoms. The Balaban J connectivity index is 2.30. The van der Waals surface area contributed by atoms with E-state index in [4.69, 9.17) is 11.2 Å². The first-order valence-electron chi connectivity index (χ1n) is 4.94. The molecule has 0 aliphatic carbocycles. The molecule has 0 bridgehead atoms. The highest BCUT2D eigenvalue weighted by molar-refractivity contribution is 5.59. The Hall–Kier alpha value is -2.41. The molecule has 1 aromatic carbocycles. The summed E-state index contributed by atoms with van der Waals surface area (Å²) in [6.07, 6.45) is 6.43. The highest BCUT2D eigenvalue weighted by Crippen LogP contribution is 2.20. The van der Waals surface area contributed by atoms with Gasteiger partial charge in [0.15, 0.2) is 6.61 Å². The van der Waals surface area contributed by atoms with Crippen molar-refractivity contribution in [2.24, 2.45) is 0 Å². The predicted octanol–water partition coefficient (Wildman–Crippen LogP) is 2.29. The number of hydrogen-bond donors (Lipinski definition) is 0. The van der Waals surface area contributed by atoms with Gasteiger partial charge in [0.25, 0.3) is 0 Å². The highest BCUT2D eigenvalue weighted by atomic mass is 19.1. The number of halogens is 1. The third-order valence-corrected chi connectivity index (χ3v) is 2.07. The Bertz CT molecular complexity index is 563. The maximum absolute atomic E-state index is 13.1. The van der Waals surface area contributed by atoms with Crippen molar-refractivity contribution in [3.8, 4) is 29.5 Å². The van der Waals surface area contributed by atoms with Crippen LogP contribution in [0, 0.1) is 18.2 Å². The summed E-state index contributed by atoms with van der Waals surface area (Å²) in [4.78, 5) is 7.95. The van der Waals surface area contributed by atoms with E-state index in [-0.39, 0.29) is 12.4 Å². The van der Waals surface area contributed by atoms with Crippen molar-refractivity contribution in [2.45, 2.75) is 0 Å². The molecule has 0 unspecified atom stereocenters. The molecule has 0 fully saturated rings. The maximum Gasteiger partial charge on any atom is 0.217 e. The number of aromatic nitrogens is 2. The third kappa shape index (κ3) is 2.79. The second-order valence-corrected chi connectivity index (χ2v) is 3.24. The van der Waals surface area contributed by atoms with Crippen molar-refractivity contribution in [1.82, 2.24) is 9.97 Å². The van der Waals surface area contributed by atoms with Gasteiger partial charge in [0.2, 0.25) is 5.88 Å². The smallest absolute Gasteiger partial charge is 0.217 e. The molecule has 0 radical (unpaired) electrons. The van der Waals surface area contributed by atoms with Gasteiger partial charge in [0, 0.05) is 11.6 Å². The Morgan fingerprint density at radius 1 is 1.29 bits per heavy atom. The first-order chi connectivity index (χ1) is 8.29. The molecule has 0 saturated carbocycles. The zero-order valence-corrected chi connectivity index (χ0v) is 8.93. The van der Waals surface area contributed by atoms with Gasteiger partial charge in [0.05, 0.1) is 5.69 Å². The minimum Gasteiger partial charge on any atom is -0.464 e. The average Bonchev–Trinajstić information content (AvgIpc) is 2.37. The first-order valence-corrected chi connectivity index (χ1v) is 4.94. The quantitative estimate of drug-likeness (QED) is 0.756. The van der Waals surface area contributed by atoms with Crippen molar-refractivity contribution in [2.75, 3.05) is 6.61 Å². The molecule has 0 atom stereocenters. The lowest BCUT2D eigenvalue weighted by molar-refractivity contribution is 0.355. The van der Waals surface area contributed by atoms with E-state index >= 15 is 0 Å². The van der Waals surface area contributed by atoms with Gasteiger partial charge in [0.1, 0.15) is 12.1 Å². The lowest BCUT2D eigenvalue weighted by atomic mass is 10.1. The van der Waals surface area contributed by atoms with Gasteiger partial charge in [-0.1, -0.05) is 18.1 Å². The molecule has 2 aromatic rings. The van der Waals surface area contributed by atoms with Gasteiger partial charge in [-0.05, 0) is 12.1 Å². The van der Waals surface area contributed by atoms with Crippen molar-refractivity contribution in [3.63, 3.8) is 0 Å². The number of terminal acetylenes is 1. The molecule has 0 spiro atoms. The molecular formula is C13H9FN2O. The SMILES string of the molecule is C#CCOc1cc(-c2cccc(F)c2)ncn1. The largest absolute Gasteiger partial charge is 0.464 e. The topological polar surface area (TPSA) is 35.0 Å². The summed E-state index contributed by atoms with van der Waals surface area (Å²) in [7, 11) is 0. The molecule has 2 rings (SSSR count). The molecule has 0 saturated heterocycles. The van der Waals surface area contributed by atoms with Crippen LogP contribution in [0.2, 0.25) is 0 Å². The predicted molar refractivity (Wildman–Crippen MR) is 61.8 cm³/mol. The molecule has 84 valence electrons. The van der Waals surface area contributed by atoms with E-state index in [0.29, 0.717) is 17.1 Å². The lowest BCUT2D eigenvalue weighted by Gasteiger charge is -2.04. The van der Waals surface area contributed by atoms with E-state index in [2.05, 4.69) is 15.9 Å². The molecule has 3 nitrogen and oxygen atoms in total. The number of nitrogens with zero attached hydrogens (tertiary/aromatic N) is 2. The van der Waals surface area contributed by atoms with Gasteiger partial charge in [-0.15, -0.1) is 6.42 Å².